The minimum absolute atomic E-state index is 0.0556. The first-order valence-electron chi connectivity index (χ1n) is 4.26. The molecule has 0 unspecified atom stereocenters. The normalized spacial score (nSPS) is 10.9. The number of aryl methyl sites for hydroxylation is 1. The first-order chi connectivity index (χ1) is 7.02. The number of rotatable bonds is 1. The van der Waals surface area contributed by atoms with Crippen LogP contribution in [0.4, 0.5) is 0 Å². The fourth-order valence-electron chi connectivity index (χ4n) is 1.29. The van der Waals surface area contributed by atoms with Gasteiger partial charge in [0.15, 0.2) is 5.65 Å². The average Bonchev–Trinajstić information content (AvgIpc) is 2.58. The van der Waals surface area contributed by atoms with Crippen LogP contribution in [0.2, 0.25) is 5.15 Å². The van der Waals surface area contributed by atoms with E-state index < -0.39 is 5.97 Å². The number of fused-ring (bicyclic) bond motifs is 1. The van der Waals surface area contributed by atoms with E-state index in [1.807, 2.05) is 6.92 Å². The maximum absolute atomic E-state index is 10.8. The Kier molecular flexibility index (Phi) is 2.12. The molecule has 0 saturated heterocycles. The Morgan fingerprint density at radius 1 is 1.53 bits per heavy atom. The summed E-state index contributed by atoms with van der Waals surface area (Å²) in [4.78, 5) is 15.0. The van der Waals surface area contributed by atoms with Crippen LogP contribution in [0.25, 0.3) is 5.65 Å². The molecule has 0 aliphatic heterocycles. The SMILES string of the molecule is Cc1nc2c(C(=O)O)cnn2c(Cl)c1C. The smallest absolute Gasteiger partial charge is 0.341 e. The van der Waals surface area contributed by atoms with E-state index in [1.54, 1.807) is 6.92 Å². The zero-order chi connectivity index (χ0) is 11.2. The third-order valence-corrected chi connectivity index (χ3v) is 2.73. The highest BCUT2D eigenvalue weighted by atomic mass is 35.5. The first kappa shape index (κ1) is 9.92. The van der Waals surface area contributed by atoms with Crippen LogP contribution < -0.4 is 0 Å². The molecular formula is C9H8ClN3O2. The van der Waals surface area contributed by atoms with E-state index >= 15 is 0 Å². The molecule has 2 rings (SSSR count). The summed E-state index contributed by atoms with van der Waals surface area (Å²) in [5.41, 5.74) is 1.83. The van der Waals surface area contributed by atoms with Crippen molar-refractivity contribution in [2.24, 2.45) is 0 Å². The van der Waals surface area contributed by atoms with Crippen molar-refractivity contribution in [2.75, 3.05) is 0 Å². The zero-order valence-corrected chi connectivity index (χ0v) is 8.91. The van der Waals surface area contributed by atoms with Crippen molar-refractivity contribution >= 4 is 23.2 Å². The summed E-state index contributed by atoms with van der Waals surface area (Å²) < 4.78 is 1.33. The molecule has 0 atom stereocenters. The van der Waals surface area contributed by atoms with E-state index in [4.69, 9.17) is 16.7 Å². The summed E-state index contributed by atoms with van der Waals surface area (Å²) in [6.45, 7) is 3.59. The van der Waals surface area contributed by atoms with Gasteiger partial charge in [0, 0.05) is 11.3 Å². The molecule has 0 amide bonds. The molecule has 1 N–H and O–H groups in total. The Labute approximate surface area is 90.3 Å². The second-order valence-corrected chi connectivity index (χ2v) is 3.57. The Morgan fingerprint density at radius 2 is 2.20 bits per heavy atom. The third-order valence-electron chi connectivity index (χ3n) is 2.29. The predicted molar refractivity (Wildman–Crippen MR) is 54.4 cm³/mol. The molecule has 0 saturated carbocycles. The Bertz CT molecular complexity index is 562. The number of carboxylic acid groups (broad SMARTS) is 1. The minimum Gasteiger partial charge on any atom is -0.477 e. The Balaban J connectivity index is 2.89. The van der Waals surface area contributed by atoms with Gasteiger partial charge in [-0.05, 0) is 13.8 Å². The van der Waals surface area contributed by atoms with E-state index in [-0.39, 0.29) is 11.2 Å². The molecule has 0 radical (unpaired) electrons. The van der Waals surface area contributed by atoms with Crippen molar-refractivity contribution in [1.29, 1.82) is 0 Å². The minimum atomic E-state index is -1.06. The topological polar surface area (TPSA) is 67.5 Å². The maximum atomic E-state index is 10.8. The average molecular weight is 226 g/mol. The van der Waals surface area contributed by atoms with Crippen molar-refractivity contribution in [2.45, 2.75) is 13.8 Å². The van der Waals surface area contributed by atoms with Crippen LogP contribution in [0.1, 0.15) is 21.6 Å². The summed E-state index contributed by atoms with van der Waals surface area (Å²) >= 11 is 6.02. The molecule has 0 bridgehead atoms. The van der Waals surface area contributed by atoms with Crippen molar-refractivity contribution < 1.29 is 9.90 Å². The largest absolute Gasteiger partial charge is 0.477 e. The monoisotopic (exact) mass is 225 g/mol. The van der Waals surface area contributed by atoms with Crippen molar-refractivity contribution in [3.8, 4) is 0 Å². The van der Waals surface area contributed by atoms with Crippen LogP contribution in [0.15, 0.2) is 6.20 Å². The van der Waals surface area contributed by atoms with Crippen LogP contribution in [0.3, 0.4) is 0 Å². The summed E-state index contributed by atoms with van der Waals surface area (Å²) in [6, 6.07) is 0. The van der Waals surface area contributed by atoms with Gasteiger partial charge < -0.3 is 5.11 Å². The van der Waals surface area contributed by atoms with Gasteiger partial charge in [-0.15, -0.1) is 0 Å². The number of aromatic nitrogens is 3. The van der Waals surface area contributed by atoms with Crippen molar-refractivity contribution in [3.05, 3.63) is 28.2 Å². The highest BCUT2D eigenvalue weighted by Gasteiger charge is 2.16. The zero-order valence-electron chi connectivity index (χ0n) is 8.15. The molecule has 2 aromatic heterocycles. The second-order valence-electron chi connectivity index (χ2n) is 3.21. The molecule has 0 aliphatic carbocycles. The van der Waals surface area contributed by atoms with Crippen LogP contribution in [0.5, 0.6) is 0 Å². The molecule has 0 fully saturated rings. The van der Waals surface area contributed by atoms with E-state index in [0.29, 0.717) is 10.8 Å². The molecule has 5 nitrogen and oxygen atoms in total. The van der Waals surface area contributed by atoms with Crippen LogP contribution in [-0.2, 0) is 0 Å². The van der Waals surface area contributed by atoms with Gasteiger partial charge in [0.1, 0.15) is 10.7 Å². The van der Waals surface area contributed by atoms with E-state index in [0.717, 1.165) is 5.56 Å². The van der Waals surface area contributed by atoms with Gasteiger partial charge in [-0.3, -0.25) is 0 Å². The van der Waals surface area contributed by atoms with Crippen molar-refractivity contribution in [1.82, 2.24) is 14.6 Å². The van der Waals surface area contributed by atoms with E-state index in [9.17, 15) is 4.79 Å². The first-order valence-corrected chi connectivity index (χ1v) is 4.64. The number of hydrogen-bond acceptors (Lipinski definition) is 3. The number of carboxylic acids is 1. The molecule has 0 spiro atoms. The second kappa shape index (κ2) is 3.20. The molecule has 78 valence electrons. The molecule has 2 heterocycles. The van der Waals surface area contributed by atoms with Gasteiger partial charge in [-0.1, -0.05) is 11.6 Å². The van der Waals surface area contributed by atoms with Gasteiger partial charge in [-0.2, -0.15) is 5.10 Å². The number of carbonyl (C=O) groups is 1. The molecule has 2 aromatic rings. The number of hydrogen-bond donors (Lipinski definition) is 1. The molecule has 6 heteroatoms. The van der Waals surface area contributed by atoms with Crippen LogP contribution in [0, 0.1) is 13.8 Å². The molecule has 0 aromatic carbocycles. The lowest BCUT2D eigenvalue weighted by atomic mass is 10.2. The van der Waals surface area contributed by atoms with Gasteiger partial charge >= 0.3 is 5.97 Å². The Morgan fingerprint density at radius 3 is 2.80 bits per heavy atom. The molecular weight excluding hydrogens is 218 g/mol. The highest BCUT2D eigenvalue weighted by molar-refractivity contribution is 6.30. The van der Waals surface area contributed by atoms with Crippen LogP contribution >= 0.6 is 11.6 Å². The fourth-order valence-corrected chi connectivity index (χ4v) is 1.56. The lowest BCUT2D eigenvalue weighted by Crippen LogP contribution is -2.02. The van der Waals surface area contributed by atoms with Crippen LogP contribution in [-0.4, -0.2) is 25.7 Å². The molecule has 0 aliphatic rings. The quantitative estimate of drug-likeness (QED) is 0.750. The fraction of sp³-hybridized carbons (Fsp3) is 0.222. The number of halogens is 1. The van der Waals surface area contributed by atoms with E-state index in [2.05, 4.69) is 10.1 Å². The lowest BCUT2D eigenvalue weighted by Gasteiger charge is -2.04. The summed E-state index contributed by atoms with van der Waals surface area (Å²) in [7, 11) is 0. The highest BCUT2D eigenvalue weighted by Crippen LogP contribution is 2.20. The van der Waals surface area contributed by atoms with Crippen molar-refractivity contribution in [3.63, 3.8) is 0 Å². The molecule has 15 heavy (non-hydrogen) atoms. The summed E-state index contributed by atoms with van der Waals surface area (Å²) in [5, 5.41) is 13.2. The number of nitrogens with zero attached hydrogens (tertiary/aromatic N) is 3. The summed E-state index contributed by atoms with van der Waals surface area (Å²) in [6.07, 6.45) is 1.25. The van der Waals surface area contributed by atoms with Gasteiger partial charge in [0.05, 0.1) is 6.20 Å². The maximum Gasteiger partial charge on any atom is 0.341 e. The van der Waals surface area contributed by atoms with Gasteiger partial charge in [0.2, 0.25) is 0 Å². The third kappa shape index (κ3) is 1.35. The van der Waals surface area contributed by atoms with Gasteiger partial charge in [-0.25, -0.2) is 14.3 Å². The summed E-state index contributed by atoms with van der Waals surface area (Å²) in [5.74, 6) is -1.06. The van der Waals surface area contributed by atoms with Gasteiger partial charge in [0.25, 0.3) is 0 Å². The number of aromatic carboxylic acids is 1. The standard InChI is InChI=1S/C9H8ClN3O2/c1-4-5(2)12-8-6(9(14)15)3-11-13(8)7(4)10/h3H,1-2H3,(H,14,15). The predicted octanol–water partition coefficient (Wildman–Crippen LogP) is 1.70. The lowest BCUT2D eigenvalue weighted by molar-refractivity contribution is 0.0699. The van der Waals surface area contributed by atoms with E-state index in [1.165, 1.54) is 10.7 Å². The Hall–Kier alpha value is -1.62.